The third-order valence-electron chi connectivity index (χ3n) is 0.823. The zero-order valence-corrected chi connectivity index (χ0v) is 6.15. The highest BCUT2D eigenvalue weighted by atomic mass is 15.0. The number of hydrogen-bond donors (Lipinski definition) is 3. The zero-order valence-electron chi connectivity index (χ0n) is 6.15. The van der Waals surface area contributed by atoms with Crippen molar-refractivity contribution in [2.45, 2.75) is 6.92 Å². The molecular formula is C7H13N3. The van der Waals surface area contributed by atoms with E-state index in [1.54, 1.807) is 19.1 Å². The smallest absolute Gasteiger partial charge is 0.0980 e. The maximum absolute atomic E-state index is 7.04. The molecule has 3 heteroatoms. The van der Waals surface area contributed by atoms with Gasteiger partial charge in [0.05, 0.1) is 5.82 Å². The molecule has 10 heavy (non-hydrogen) atoms. The van der Waals surface area contributed by atoms with Gasteiger partial charge in [-0.1, -0.05) is 6.08 Å². The van der Waals surface area contributed by atoms with Gasteiger partial charge in [-0.05, 0) is 13.0 Å². The minimum absolute atomic E-state index is 0.439. The highest BCUT2D eigenvalue weighted by Crippen LogP contribution is 1.78. The Morgan fingerprint density at radius 2 is 2.40 bits per heavy atom. The Morgan fingerprint density at radius 1 is 1.80 bits per heavy atom. The van der Waals surface area contributed by atoms with E-state index >= 15 is 0 Å². The summed E-state index contributed by atoms with van der Waals surface area (Å²) in [5.74, 6) is 0.507. The van der Waals surface area contributed by atoms with Crippen molar-refractivity contribution in [3.63, 3.8) is 0 Å². The van der Waals surface area contributed by atoms with Crippen molar-refractivity contribution in [2.75, 3.05) is 6.54 Å². The predicted octanol–water partition coefficient (Wildman–Crippen LogP) is 0.602. The molecule has 0 aromatic rings. The monoisotopic (exact) mass is 139 g/mol. The van der Waals surface area contributed by atoms with Gasteiger partial charge in [0, 0.05) is 12.3 Å². The molecule has 0 heterocycles. The van der Waals surface area contributed by atoms with Gasteiger partial charge < -0.3 is 16.5 Å². The summed E-state index contributed by atoms with van der Waals surface area (Å²) in [6.07, 6.45) is 3.27. The average Bonchev–Trinajstić information content (AvgIpc) is 1.82. The molecule has 0 aromatic heterocycles. The summed E-state index contributed by atoms with van der Waals surface area (Å²) in [5.41, 5.74) is 5.86. The highest BCUT2D eigenvalue weighted by molar-refractivity contribution is 5.90. The summed E-state index contributed by atoms with van der Waals surface area (Å²) in [4.78, 5) is 0. The van der Waals surface area contributed by atoms with Gasteiger partial charge in [0.2, 0.25) is 0 Å². The summed E-state index contributed by atoms with van der Waals surface area (Å²) < 4.78 is 0. The van der Waals surface area contributed by atoms with Crippen molar-refractivity contribution < 1.29 is 0 Å². The van der Waals surface area contributed by atoms with E-state index < -0.39 is 0 Å². The zero-order chi connectivity index (χ0) is 7.98. The molecule has 0 saturated carbocycles. The van der Waals surface area contributed by atoms with Crippen LogP contribution in [0.25, 0.3) is 0 Å². The van der Waals surface area contributed by atoms with Crippen LogP contribution >= 0.6 is 0 Å². The van der Waals surface area contributed by atoms with Gasteiger partial charge in [0.25, 0.3) is 0 Å². The lowest BCUT2D eigenvalue weighted by molar-refractivity contribution is 0.890. The maximum atomic E-state index is 7.04. The van der Waals surface area contributed by atoms with Gasteiger partial charge in [-0.25, -0.2) is 0 Å². The SMILES string of the molecule is C=CCN/C(N)=C\C(C)=N. The summed E-state index contributed by atoms with van der Waals surface area (Å²) >= 11 is 0. The average molecular weight is 139 g/mol. The molecule has 0 bridgehead atoms. The number of rotatable bonds is 4. The van der Waals surface area contributed by atoms with Gasteiger partial charge in [-0.3, -0.25) is 0 Å². The van der Waals surface area contributed by atoms with Crippen molar-refractivity contribution in [3.05, 3.63) is 24.6 Å². The largest absolute Gasteiger partial charge is 0.385 e. The van der Waals surface area contributed by atoms with Gasteiger partial charge in [-0.15, -0.1) is 6.58 Å². The highest BCUT2D eigenvalue weighted by Gasteiger charge is 1.85. The molecule has 0 aliphatic rings. The molecule has 0 radical (unpaired) electrons. The predicted molar refractivity (Wildman–Crippen MR) is 43.9 cm³/mol. The third-order valence-corrected chi connectivity index (χ3v) is 0.823. The molecule has 0 aromatic carbocycles. The van der Waals surface area contributed by atoms with Crippen molar-refractivity contribution in [1.82, 2.24) is 5.32 Å². The minimum atomic E-state index is 0.439. The molecule has 0 spiro atoms. The van der Waals surface area contributed by atoms with Crippen LogP contribution in [-0.4, -0.2) is 12.3 Å². The van der Waals surface area contributed by atoms with Crippen LogP contribution in [0.5, 0.6) is 0 Å². The molecule has 56 valence electrons. The first-order chi connectivity index (χ1) is 4.66. The van der Waals surface area contributed by atoms with Crippen molar-refractivity contribution in [2.24, 2.45) is 5.73 Å². The van der Waals surface area contributed by atoms with Gasteiger partial charge in [0.1, 0.15) is 0 Å². The van der Waals surface area contributed by atoms with Gasteiger partial charge in [0.15, 0.2) is 0 Å². The van der Waals surface area contributed by atoms with Crippen LogP contribution in [0, 0.1) is 5.41 Å². The second-order valence-corrected chi connectivity index (χ2v) is 1.95. The molecule has 0 rings (SSSR count). The van der Waals surface area contributed by atoms with E-state index in [-0.39, 0.29) is 0 Å². The van der Waals surface area contributed by atoms with E-state index in [2.05, 4.69) is 11.9 Å². The summed E-state index contributed by atoms with van der Waals surface area (Å²) in [6, 6.07) is 0. The number of nitrogens with two attached hydrogens (primary N) is 1. The second-order valence-electron chi connectivity index (χ2n) is 1.95. The Bertz CT molecular complexity index is 158. The molecule has 0 atom stereocenters. The Labute approximate surface area is 61.1 Å². The Morgan fingerprint density at radius 3 is 2.80 bits per heavy atom. The number of hydrogen-bond acceptors (Lipinski definition) is 3. The van der Waals surface area contributed by atoms with E-state index in [9.17, 15) is 0 Å². The minimum Gasteiger partial charge on any atom is -0.385 e. The van der Waals surface area contributed by atoms with E-state index in [0.717, 1.165) is 0 Å². The molecule has 0 saturated heterocycles. The quantitative estimate of drug-likeness (QED) is 0.394. The molecule has 0 unspecified atom stereocenters. The lowest BCUT2D eigenvalue weighted by Crippen LogP contribution is -2.20. The van der Waals surface area contributed by atoms with E-state index in [1.807, 2.05) is 0 Å². The van der Waals surface area contributed by atoms with E-state index in [0.29, 0.717) is 18.1 Å². The molecule has 0 amide bonds. The summed E-state index contributed by atoms with van der Waals surface area (Å²) in [6.45, 7) is 5.82. The molecule has 0 aliphatic heterocycles. The Hall–Kier alpha value is -1.25. The van der Waals surface area contributed by atoms with Crippen LogP contribution in [0.1, 0.15) is 6.92 Å². The van der Waals surface area contributed by atoms with Crippen molar-refractivity contribution in [3.8, 4) is 0 Å². The van der Waals surface area contributed by atoms with Crippen LogP contribution < -0.4 is 11.1 Å². The molecule has 3 nitrogen and oxygen atoms in total. The van der Waals surface area contributed by atoms with E-state index in [1.165, 1.54) is 0 Å². The third kappa shape index (κ3) is 4.90. The van der Waals surface area contributed by atoms with Crippen LogP contribution in [-0.2, 0) is 0 Å². The molecule has 0 aliphatic carbocycles. The van der Waals surface area contributed by atoms with Crippen LogP contribution in [0.3, 0.4) is 0 Å². The lowest BCUT2D eigenvalue weighted by atomic mass is 10.4. The summed E-state index contributed by atoms with van der Waals surface area (Å²) in [7, 11) is 0. The van der Waals surface area contributed by atoms with Crippen LogP contribution in [0.4, 0.5) is 0 Å². The van der Waals surface area contributed by atoms with Gasteiger partial charge in [-0.2, -0.15) is 0 Å². The fourth-order valence-electron chi connectivity index (χ4n) is 0.474. The topological polar surface area (TPSA) is 61.9 Å². The number of nitrogens with one attached hydrogen (secondary N) is 2. The lowest BCUT2D eigenvalue weighted by Gasteiger charge is -2.00. The fraction of sp³-hybridized carbons (Fsp3) is 0.286. The number of allylic oxidation sites excluding steroid dienone is 1. The first-order valence-corrected chi connectivity index (χ1v) is 3.04. The van der Waals surface area contributed by atoms with Crippen molar-refractivity contribution in [1.29, 1.82) is 5.41 Å². The first-order valence-electron chi connectivity index (χ1n) is 3.04. The first kappa shape index (κ1) is 8.75. The summed E-state index contributed by atoms with van der Waals surface area (Å²) in [5, 5.41) is 9.88. The van der Waals surface area contributed by atoms with Crippen LogP contribution in [0.15, 0.2) is 24.6 Å². The Balaban J connectivity index is 3.70. The van der Waals surface area contributed by atoms with Crippen molar-refractivity contribution >= 4 is 5.71 Å². The normalized spacial score (nSPS) is 10.7. The second kappa shape index (κ2) is 4.61. The van der Waals surface area contributed by atoms with Gasteiger partial charge >= 0.3 is 0 Å². The molecular weight excluding hydrogens is 126 g/mol. The Kier molecular flexibility index (Phi) is 4.04. The molecule has 4 N–H and O–H groups in total. The molecule has 0 fully saturated rings. The van der Waals surface area contributed by atoms with Crippen LogP contribution in [0.2, 0.25) is 0 Å². The standard InChI is InChI=1S/C7H13N3/c1-3-4-10-7(9)5-6(2)8/h3,5,8,10H,1,4,9H2,2H3/b7-5-,8-6?. The fourth-order valence-corrected chi connectivity index (χ4v) is 0.474. The maximum Gasteiger partial charge on any atom is 0.0980 e. The van der Waals surface area contributed by atoms with E-state index in [4.69, 9.17) is 11.1 Å².